The van der Waals surface area contributed by atoms with E-state index in [2.05, 4.69) is 34.1 Å². The van der Waals surface area contributed by atoms with E-state index in [-0.39, 0.29) is 5.92 Å². The number of hydrogen-bond acceptors (Lipinski definition) is 3. The highest BCUT2D eigenvalue weighted by molar-refractivity contribution is 5.79. The van der Waals surface area contributed by atoms with Crippen molar-refractivity contribution in [3.8, 4) is 0 Å². The standard InChI is InChI=1S/C18H27N3O/c19-14-15-6-4-9-17(15)18(22)21-11-5-10-20(12-13-21)16-7-2-1-3-8-16/h1-3,7-8,15,17H,4-6,9-14,19H2/t15-,17-/m1/s1. The minimum Gasteiger partial charge on any atom is -0.370 e. The van der Waals surface area contributed by atoms with Crippen LogP contribution in [-0.2, 0) is 4.79 Å². The zero-order chi connectivity index (χ0) is 15.4. The first-order valence-corrected chi connectivity index (χ1v) is 8.58. The zero-order valence-electron chi connectivity index (χ0n) is 13.3. The lowest BCUT2D eigenvalue weighted by atomic mass is 9.94. The lowest BCUT2D eigenvalue weighted by Crippen LogP contribution is -2.41. The van der Waals surface area contributed by atoms with Gasteiger partial charge in [-0.15, -0.1) is 0 Å². The Labute approximate surface area is 133 Å². The van der Waals surface area contributed by atoms with Crippen molar-refractivity contribution in [1.29, 1.82) is 0 Å². The van der Waals surface area contributed by atoms with Crippen molar-refractivity contribution in [3.63, 3.8) is 0 Å². The van der Waals surface area contributed by atoms with E-state index in [1.54, 1.807) is 0 Å². The second-order valence-corrected chi connectivity index (χ2v) is 6.53. The molecule has 0 spiro atoms. The third kappa shape index (κ3) is 3.27. The predicted molar refractivity (Wildman–Crippen MR) is 89.7 cm³/mol. The minimum absolute atomic E-state index is 0.174. The molecule has 0 radical (unpaired) electrons. The number of rotatable bonds is 3. The molecule has 0 aromatic heterocycles. The maximum absolute atomic E-state index is 12.8. The molecule has 1 aliphatic heterocycles. The first-order valence-electron chi connectivity index (χ1n) is 8.58. The number of benzene rings is 1. The molecule has 1 aromatic carbocycles. The maximum Gasteiger partial charge on any atom is 0.226 e. The molecular weight excluding hydrogens is 274 g/mol. The van der Waals surface area contributed by atoms with Gasteiger partial charge in [0.2, 0.25) is 5.91 Å². The number of nitrogens with two attached hydrogens (primary N) is 1. The summed E-state index contributed by atoms with van der Waals surface area (Å²) >= 11 is 0. The molecule has 2 fully saturated rings. The van der Waals surface area contributed by atoms with E-state index in [1.807, 2.05) is 6.07 Å². The molecule has 1 heterocycles. The van der Waals surface area contributed by atoms with E-state index in [4.69, 9.17) is 5.73 Å². The van der Waals surface area contributed by atoms with Crippen LogP contribution in [0.25, 0.3) is 0 Å². The van der Waals surface area contributed by atoms with Gasteiger partial charge < -0.3 is 15.5 Å². The number of hydrogen-bond donors (Lipinski definition) is 1. The highest BCUT2D eigenvalue weighted by Gasteiger charge is 2.35. The maximum atomic E-state index is 12.8. The van der Waals surface area contributed by atoms with E-state index in [1.165, 1.54) is 5.69 Å². The monoisotopic (exact) mass is 301 g/mol. The van der Waals surface area contributed by atoms with E-state index in [9.17, 15) is 4.79 Å². The van der Waals surface area contributed by atoms with Crippen LogP contribution in [0.3, 0.4) is 0 Å². The van der Waals surface area contributed by atoms with Gasteiger partial charge in [0, 0.05) is 37.8 Å². The van der Waals surface area contributed by atoms with Gasteiger partial charge in [-0.05, 0) is 43.9 Å². The van der Waals surface area contributed by atoms with Gasteiger partial charge in [-0.2, -0.15) is 0 Å². The van der Waals surface area contributed by atoms with Crippen LogP contribution in [0.1, 0.15) is 25.7 Å². The number of anilines is 1. The Morgan fingerprint density at radius 2 is 1.86 bits per heavy atom. The number of amides is 1. The van der Waals surface area contributed by atoms with E-state index in [0.717, 1.165) is 51.9 Å². The van der Waals surface area contributed by atoms with Crippen LogP contribution in [0, 0.1) is 11.8 Å². The summed E-state index contributed by atoms with van der Waals surface area (Å²) in [5.74, 6) is 0.928. The van der Waals surface area contributed by atoms with Gasteiger partial charge in [0.25, 0.3) is 0 Å². The summed E-state index contributed by atoms with van der Waals surface area (Å²) < 4.78 is 0. The average molecular weight is 301 g/mol. The molecule has 0 bridgehead atoms. The second-order valence-electron chi connectivity index (χ2n) is 6.53. The third-order valence-corrected chi connectivity index (χ3v) is 5.21. The number of carbonyl (C=O) groups excluding carboxylic acids is 1. The fourth-order valence-corrected chi connectivity index (χ4v) is 3.91. The zero-order valence-corrected chi connectivity index (χ0v) is 13.3. The van der Waals surface area contributed by atoms with Crippen molar-refractivity contribution in [1.82, 2.24) is 4.90 Å². The van der Waals surface area contributed by atoms with Crippen molar-refractivity contribution in [3.05, 3.63) is 30.3 Å². The van der Waals surface area contributed by atoms with Gasteiger partial charge in [0.15, 0.2) is 0 Å². The van der Waals surface area contributed by atoms with Crippen LogP contribution in [0.4, 0.5) is 5.69 Å². The molecule has 3 rings (SSSR count). The van der Waals surface area contributed by atoms with Crippen LogP contribution in [-0.4, -0.2) is 43.5 Å². The largest absolute Gasteiger partial charge is 0.370 e. The summed E-state index contributed by atoms with van der Waals surface area (Å²) in [7, 11) is 0. The van der Waals surface area contributed by atoms with Crippen LogP contribution in [0.5, 0.6) is 0 Å². The molecule has 1 aromatic rings. The molecule has 4 nitrogen and oxygen atoms in total. The topological polar surface area (TPSA) is 49.6 Å². The fraction of sp³-hybridized carbons (Fsp3) is 0.611. The first kappa shape index (κ1) is 15.3. The molecule has 2 aliphatic rings. The lowest BCUT2D eigenvalue weighted by Gasteiger charge is -2.27. The predicted octanol–water partition coefficient (Wildman–Crippen LogP) is 2.10. The minimum atomic E-state index is 0.174. The summed E-state index contributed by atoms with van der Waals surface area (Å²) in [6.07, 6.45) is 4.35. The Hall–Kier alpha value is -1.55. The van der Waals surface area contributed by atoms with Gasteiger partial charge in [-0.25, -0.2) is 0 Å². The molecule has 22 heavy (non-hydrogen) atoms. The van der Waals surface area contributed by atoms with Gasteiger partial charge in [0.05, 0.1) is 0 Å². The molecule has 2 N–H and O–H groups in total. The van der Waals surface area contributed by atoms with Crippen LogP contribution in [0.15, 0.2) is 30.3 Å². The van der Waals surface area contributed by atoms with Crippen LogP contribution >= 0.6 is 0 Å². The lowest BCUT2D eigenvalue weighted by molar-refractivity contribution is -0.136. The van der Waals surface area contributed by atoms with Crippen molar-refractivity contribution >= 4 is 11.6 Å². The quantitative estimate of drug-likeness (QED) is 0.930. The Morgan fingerprint density at radius 3 is 2.64 bits per heavy atom. The second kappa shape index (κ2) is 7.14. The van der Waals surface area contributed by atoms with Crippen LogP contribution in [0.2, 0.25) is 0 Å². The van der Waals surface area contributed by atoms with Gasteiger partial charge in [0.1, 0.15) is 0 Å². The van der Waals surface area contributed by atoms with Crippen molar-refractivity contribution in [2.75, 3.05) is 37.6 Å². The van der Waals surface area contributed by atoms with Gasteiger partial charge in [-0.3, -0.25) is 4.79 Å². The van der Waals surface area contributed by atoms with E-state index >= 15 is 0 Å². The summed E-state index contributed by atoms with van der Waals surface area (Å²) in [4.78, 5) is 17.3. The first-order chi connectivity index (χ1) is 10.8. The van der Waals surface area contributed by atoms with Crippen molar-refractivity contribution in [2.45, 2.75) is 25.7 Å². The highest BCUT2D eigenvalue weighted by atomic mass is 16.2. The molecule has 0 unspecified atom stereocenters. The fourth-order valence-electron chi connectivity index (χ4n) is 3.91. The summed E-state index contributed by atoms with van der Waals surface area (Å²) in [5.41, 5.74) is 7.10. The van der Waals surface area contributed by atoms with Gasteiger partial charge >= 0.3 is 0 Å². The third-order valence-electron chi connectivity index (χ3n) is 5.21. The Morgan fingerprint density at radius 1 is 1.05 bits per heavy atom. The van der Waals surface area contributed by atoms with Crippen molar-refractivity contribution in [2.24, 2.45) is 17.6 Å². The Kier molecular flexibility index (Phi) is 4.98. The molecule has 1 saturated carbocycles. The van der Waals surface area contributed by atoms with Gasteiger partial charge in [-0.1, -0.05) is 24.6 Å². The molecule has 1 aliphatic carbocycles. The molecule has 2 atom stereocenters. The molecule has 1 saturated heterocycles. The normalized spacial score (nSPS) is 26.0. The van der Waals surface area contributed by atoms with E-state index < -0.39 is 0 Å². The van der Waals surface area contributed by atoms with Crippen LogP contribution < -0.4 is 10.6 Å². The smallest absolute Gasteiger partial charge is 0.226 e. The highest BCUT2D eigenvalue weighted by Crippen LogP contribution is 2.32. The molecule has 4 heteroatoms. The number of carbonyl (C=O) groups is 1. The molecule has 120 valence electrons. The Balaban J connectivity index is 1.61. The summed E-state index contributed by atoms with van der Waals surface area (Å²) in [5, 5.41) is 0. The summed E-state index contributed by atoms with van der Waals surface area (Å²) in [6.45, 7) is 4.33. The van der Waals surface area contributed by atoms with Crippen molar-refractivity contribution < 1.29 is 4.79 Å². The average Bonchev–Trinajstić information content (AvgIpc) is 2.91. The number of para-hydroxylation sites is 1. The Bertz CT molecular complexity index is 490. The summed E-state index contributed by atoms with van der Waals surface area (Å²) in [6, 6.07) is 10.5. The SMILES string of the molecule is NC[C@H]1CCC[C@H]1C(=O)N1CCCN(c2ccccc2)CC1. The van der Waals surface area contributed by atoms with E-state index in [0.29, 0.717) is 18.4 Å². The molecular formula is C18H27N3O. The number of nitrogens with zero attached hydrogens (tertiary/aromatic N) is 2. The molecule has 1 amide bonds.